The summed E-state index contributed by atoms with van der Waals surface area (Å²) >= 11 is 0. The van der Waals surface area contributed by atoms with E-state index in [1.165, 1.54) is 5.56 Å². The molecule has 3 rings (SSSR count). The number of fused-ring (bicyclic) bond motifs is 1. The fourth-order valence-electron chi connectivity index (χ4n) is 3.31. The van der Waals surface area contributed by atoms with Gasteiger partial charge in [0, 0.05) is 16.9 Å². The molecule has 1 aliphatic rings. The van der Waals surface area contributed by atoms with Gasteiger partial charge in [-0.2, -0.15) is 0 Å². The third kappa shape index (κ3) is 3.29. The number of hydrogen-bond donors (Lipinski definition) is 2. The van der Waals surface area contributed by atoms with Crippen LogP contribution in [0.1, 0.15) is 31.9 Å². The monoisotopic (exact) mass is 388 g/mol. The molecule has 1 amide bonds. The average molecular weight is 388 g/mol. The summed E-state index contributed by atoms with van der Waals surface area (Å²) < 4.78 is 25.1. The standard InChI is InChI=1S/C20H25N2O4P/c1-4-15-11-13-16(14-12-15)22-20(27(24,25-5-2)26-6-3)17-9-7-8-10-18(17)21-19(20)23/h7-14,22H,4-6H2,1-3H3,(H,21,23). The van der Waals surface area contributed by atoms with Gasteiger partial charge in [0.2, 0.25) is 5.28 Å². The molecule has 1 aliphatic heterocycles. The van der Waals surface area contributed by atoms with E-state index in [2.05, 4.69) is 17.6 Å². The van der Waals surface area contributed by atoms with E-state index in [0.717, 1.165) is 6.42 Å². The van der Waals surface area contributed by atoms with Crippen molar-refractivity contribution < 1.29 is 18.4 Å². The Balaban J connectivity index is 2.17. The first-order valence-electron chi connectivity index (χ1n) is 9.18. The molecule has 1 heterocycles. The Bertz CT molecular complexity index is 859. The number of aryl methyl sites for hydroxylation is 1. The van der Waals surface area contributed by atoms with E-state index in [1.54, 1.807) is 32.0 Å². The Labute approximate surface area is 159 Å². The van der Waals surface area contributed by atoms with Gasteiger partial charge in [0.05, 0.1) is 13.2 Å². The lowest BCUT2D eigenvalue weighted by Crippen LogP contribution is -2.43. The highest BCUT2D eigenvalue weighted by Gasteiger charge is 2.62. The second-order valence-corrected chi connectivity index (χ2v) is 8.40. The van der Waals surface area contributed by atoms with Crippen molar-refractivity contribution in [1.82, 2.24) is 0 Å². The van der Waals surface area contributed by atoms with Crippen molar-refractivity contribution in [1.29, 1.82) is 0 Å². The predicted octanol–water partition coefficient (Wildman–Crippen LogP) is 4.73. The van der Waals surface area contributed by atoms with Crippen molar-refractivity contribution in [2.24, 2.45) is 0 Å². The van der Waals surface area contributed by atoms with Gasteiger partial charge in [-0.15, -0.1) is 0 Å². The predicted molar refractivity (Wildman–Crippen MR) is 107 cm³/mol. The minimum Gasteiger partial charge on any atom is -0.358 e. The van der Waals surface area contributed by atoms with E-state index in [9.17, 15) is 9.36 Å². The summed E-state index contributed by atoms with van der Waals surface area (Å²) in [5.41, 5.74) is 2.99. The lowest BCUT2D eigenvalue weighted by atomic mass is 10.1. The molecule has 0 fully saturated rings. The van der Waals surface area contributed by atoms with Gasteiger partial charge in [0.15, 0.2) is 0 Å². The first-order valence-corrected chi connectivity index (χ1v) is 10.7. The lowest BCUT2D eigenvalue weighted by molar-refractivity contribution is -0.118. The maximum atomic E-state index is 13.9. The molecule has 6 nitrogen and oxygen atoms in total. The quantitative estimate of drug-likeness (QED) is 0.639. The van der Waals surface area contributed by atoms with Crippen LogP contribution in [0, 0.1) is 0 Å². The molecule has 0 spiro atoms. The molecule has 0 aliphatic carbocycles. The van der Waals surface area contributed by atoms with Crippen LogP contribution in [-0.2, 0) is 30.1 Å². The Kier molecular flexibility index (Phi) is 5.70. The van der Waals surface area contributed by atoms with Crippen LogP contribution in [0.15, 0.2) is 48.5 Å². The molecular formula is C20H25N2O4P. The molecule has 144 valence electrons. The maximum absolute atomic E-state index is 13.9. The van der Waals surface area contributed by atoms with Gasteiger partial charge < -0.3 is 19.7 Å². The largest absolute Gasteiger partial charge is 0.370 e. The number of benzene rings is 2. The summed E-state index contributed by atoms with van der Waals surface area (Å²) in [7, 11) is -3.89. The molecule has 0 radical (unpaired) electrons. The topological polar surface area (TPSA) is 76.7 Å². The average Bonchev–Trinajstić information content (AvgIpc) is 2.96. The number of para-hydroxylation sites is 1. The van der Waals surface area contributed by atoms with E-state index in [1.807, 2.05) is 30.3 Å². The van der Waals surface area contributed by atoms with E-state index >= 15 is 0 Å². The second-order valence-electron chi connectivity index (χ2n) is 6.22. The second kappa shape index (κ2) is 7.85. The molecule has 0 bridgehead atoms. The Morgan fingerprint density at radius 3 is 2.22 bits per heavy atom. The molecule has 2 aromatic rings. The van der Waals surface area contributed by atoms with Crippen molar-refractivity contribution in [2.45, 2.75) is 32.5 Å². The van der Waals surface area contributed by atoms with Crippen molar-refractivity contribution in [3.05, 3.63) is 59.7 Å². The fraction of sp³-hybridized carbons (Fsp3) is 0.350. The van der Waals surface area contributed by atoms with Gasteiger partial charge in [0.1, 0.15) is 0 Å². The third-order valence-corrected chi connectivity index (χ3v) is 7.16. The zero-order valence-electron chi connectivity index (χ0n) is 15.8. The number of anilines is 2. The molecule has 1 unspecified atom stereocenters. The first kappa shape index (κ1) is 19.6. The highest BCUT2D eigenvalue weighted by atomic mass is 31.2. The van der Waals surface area contributed by atoms with Crippen molar-refractivity contribution >= 4 is 24.9 Å². The van der Waals surface area contributed by atoms with E-state index in [0.29, 0.717) is 16.9 Å². The molecule has 0 saturated heterocycles. The minimum absolute atomic E-state index is 0.158. The van der Waals surface area contributed by atoms with Crippen LogP contribution >= 0.6 is 7.60 Å². The molecule has 27 heavy (non-hydrogen) atoms. The number of carbonyl (C=O) groups excluding carboxylic acids is 1. The minimum atomic E-state index is -3.89. The number of amides is 1. The van der Waals surface area contributed by atoms with Gasteiger partial charge in [-0.25, -0.2) is 0 Å². The van der Waals surface area contributed by atoms with Gasteiger partial charge in [0.25, 0.3) is 5.91 Å². The van der Waals surface area contributed by atoms with Gasteiger partial charge in [-0.05, 0) is 44.0 Å². The summed E-state index contributed by atoms with van der Waals surface area (Å²) in [5.74, 6) is -0.450. The number of hydrogen-bond acceptors (Lipinski definition) is 5. The first-order chi connectivity index (χ1) is 13.0. The Morgan fingerprint density at radius 1 is 1.00 bits per heavy atom. The molecule has 1 atom stereocenters. The van der Waals surface area contributed by atoms with E-state index < -0.39 is 18.8 Å². The van der Waals surface area contributed by atoms with Crippen LogP contribution < -0.4 is 10.6 Å². The fourth-order valence-corrected chi connectivity index (χ4v) is 5.51. The third-order valence-electron chi connectivity index (χ3n) is 4.59. The van der Waals surface area contributed by atoms with Crippen LogP contribution in [0.3, 0.4) is 0 Å². The van der Waals surface area contributed by atoms with Crippen molar-refractivity contribution in [3.63, 3.8) is 0 Å². The van der Waals surface area contributed by atoms with Crippen LogP contribution in [0.2, 0.25) is 0 Å². The lowest BCUT2D eigenvalue weighted by Gasteiger charge is -2.35. The number of carbonyl (C=O) groups is 1. The number of rotatable bonds is 8. The molecular weight excluding hydrogens is 363 g/mol. The normalized spacial score (nSPS) is 18.9. The maximum Gasteiger partial charge on any atom is 0.370 e. The van der Waals surface area contributed by atoms with Crippen LogP contribution in [0.5, 0.6) is 0 Å². The van der Waals surface area contributed by atoms with Crippen molar-refractivity contribution in [3.8, 4) is 0 Å². The summed E-state index contributed by atoms with van der Waals surface area (Å²) in [6.45, 7) is 5.85. The van der Waals surface area contributed by atoms with Crippen LogP contribution in [0.25, 0.3) is 0 Å². The highest BCUT2D eigenvalue weighted by molar-refractivity contribution is 7.56. The van der Waals surface area contributed by atoms with Crippen LogP contribution in [0.4, 0.5) is 11.4 Å². The zero-order valence-corrected chi connectivity index (χ0v) is 16.7. The number of nitrogens with one attached hydrogen (secondary N) is 2. The smallest absolute Gasteiger partial charge is 0.358 e. The SMILES string of the molecule is CCOP(=O)(OCC)C1(Nc2ccc(CC)cc2)C(=O)Nc2ccccc21. The Hall–Kier alpha value is -2.14. The summed E-state index contributed by atoms with van der Waals surface area (Å²) in [6.07, 6.45) is 0.908. The van der Waals surface area contributed by atoms with Gasteiger partial charge in [-0.3, -0.25) is 9.36 Å². The summed E-state index contributed by atoms with van der Waals surface area (Å²) in [5, 5.41) is 4.37. The highest BCUT2D eigenvalue weighted by Crippen LogP contribution is 2.67. The molecule has 0 aromatic heterocycles. The zero-order chi connectivity index (χ0) is 19.5. The van der Waals surface area contributed by atoms with E-state index in [4.69, 9.17) is 9.05 Å². The molecule has 7 heteroatoms. The van der Waals surface area contributed by atoms with Crippen molar-refractivity contribution in [2.75, 3.05) is 23.8 Å². The summed E-state index contributed by atoms with van der Waals surface area (Å²) in [6, 6.07) is 14.9. The Morgan fingerprint density at radius 2 is 1.63 bits per heavy atom. The molecule has 0 saturated carbocycles. The van der Waals surface area contributed by atoms with Crippen LogP contribution in [-0.4, -0.2) is 19.1 Å². The van der Waals surface area contributed by atoms with Gasteiger partial charge in [-0.1, -0.05) is 37.3 Å². The van der Waals surface area contributed by atoms with Gasteiger partial charge >= 0.3 is 7.60 Å². The molecule has 2 N–H and O–H groups in total. The molecule has 2 aromatic carbocycles. The summed E-state index contributed by atoms with van der Waals surface area (Å²) in [4.78, 5) is 13.2. The van der Waals surface area contributed by atoms with E-state index in [-0.39, 0.29) is 13.2 Å².